The summed E-state index contributed by atoms with van der Waals surface area (Å²) in [7, 11) is 0. The lowest BCUT2D eigenvalue weighted by atomic mass is 10.1. The number of ketones is 2. The van der Waals surface area contributed by atoms with Gasteiger partial charge in [-0.3, -0.25) is 19.2 Å². The average molecular weight is 505 g/mol. The molecule has 38 heavy (non-hydrogen) atoms. The largest absolute Gasteiger partial charge is 0.322 e. The van der Waals surface area contributed by atoms with E-state index in [-0.39, 0.29) is 23.4 Å². The minimum Gasteiger partial charge on any atom is -0.322 e. The van der Waals surface area contributed by atoms with Gasteiger partial charge in [0.2, 0.25) is 0 Å². The molecule has 2 amide bonds. The standard InChI is InChI=1S/C32H28N2O4/c1-21(2)31(37)33-27-9-5-7-25(19-27)29(35)17-15-23-11-13-24(14-12-23)16-18-30(36)26-8-6-10-28(20-26)34-32(38)22(3)4/h5-20H,1,3H2,2,4H3,(H,33,37)(H,34,38). The molecule has 0 fully saturated rings. The number of anilines is 2. The summed E-state index contributed by atoms with van der Waals surface area (Å²) in [6, 6.07) is 20.7. The van der Waals surface area contributed by atoms with E-state index < -0.39 is 0 Å². The summed E-state index contributed by atoms with van der Waals surface area (Å²) in [4.78, 5) is 48.8. The summed E-state index contributed by atoms with van der Waals surface area (Å²) in [5.41, 5.74) is 4.32. The van der Waals surface area contributed by atoms with Gasteiger partial charge in [0.25, 0.3) is 11.8 Å². The van der Waals surface area contributed by atoms with Gasteiger partial charge in [-0.15, -0.1) is 0 Å². The smallest absolute Gasteiger partial charge is 0.250 e. The van der Waals surface area contributed by atoms with Crippen molar-refractivity contribution in [2.24, 2.45) is 0 Å². The van der Waals surface area contributed by atoms with Gasteiger partial charge in [-0.1, -0.05) is 73.8 Å². The second kappa shape index (κ2) is 12.7. The molecular formula is C32H28N2O4. The highest BCUT2D eigenvalue weighted by atomic mass is 16.2. The van der Waals surface area contributed by atoms with Gasteiger partial charge in [-0.25, -0.2) is 0 Å². The van der Waals surface area contributed by atoms with Crippen molar-refractivity contribution in [1.29, 1.82) is 0 Å². The molecule has 0 atom stereocenters. The maximum absolute atomic E-state index is 12.6. The van der Waals surface area contributed by atoms with Crippen LogP contribution in [0.4, 0.5) is 11.4 Å². The Hall–Kier alpha value is -5.10. The van der Waals surface area contributed by atoms with Crippen LogP contribution in [0.25, 0.3) is 12.2 Å². The van der Waals surface area contributed by atoms with Gasteiger partial charge in [-0.2, -0.15) is 0 Å². The predicted molar refractivity (Wildman–Crippen MR) is 153 cm³/mol. The molecule has 0 saturated carbocycles. The number of benzene rings is 3. The first kappa shape index (κ1) is 27.5. The third-order valence-electron chi connectivity index (χ3n) is 5.38. The lowest BCUT2D eigenvalue weighted by Crippen LogP contribution is -2.12. The van der Waals surface area contributed by atoms with E-state index in [1.807, 2.05) is 24.3 Å². The molecule has 0 saturated heterocycles. The number of hydrogen-bond donors (Lipinski definition) is 2. The van der Waals surface area contributed by atoms with Crippen LogP contribution in [0.1, 0.15) is 45.7 Å². The quantitative estimate of drug-likeness (QED) is 0.243. The molecule has 0 heterocycles. The van der Waals surface area contributed by atoms with Crippen molar-refractivity contribution in [3.05, 3.63) is 132 Å². The van der Waals surface area contributed by atoms with Crippen LogP contribution in [0.3, 0.4) is 0 Å². The van der Waals surface area contributed by atoms with Gasteiger partial charge >= 0.3 is 0 Å². The van der Waals surface area contributed by atoms with Crippen LogP contribution in [0.15, 0.2) is 109 Å². The molecule has 0 aromatic heterocycles. The fourth-order valence-corrected chi connectivity index (χ4v) is 3.23. The Morgan fingerprint density at radius 2 is 0.974 bits per heavy atom. The molecule has 0 unspecified atom stereocenters. The van der Waals surface area contributed by atoms with E-state index in [1.54, 1.807) is 74.5 Å². The monoisotopic (exact) mass is 504 g/mol. The number of carbonyl (C=O) groups is 4. The molecule has 3 aromatic carbocycles. The van der Waals surface area contributed by atoms with Crippen LogP contribution in [0.5, 0.6) is 0 Å². The van der Waals surface area contributed by atoms with Gasteiger partial charge in [0.1, 0.15) is 0 Å². The van der Waals surface area contributed by atoms with Crippen LogP contribution < -0.4 is 10.6 Å². The van der Waals surface area contributed by atoms with Crippen LogP contribution >= 0.6 is 0 Å². The third kappa shape index (κ3) is 7.96. The number of carbonyl (C=O) groups excluding carboxylic acids is 4. The molecule has 3 aromatic rings. The summed E-state index contributed by atoms with van der Waals surface area (Å²) >= 11 is 0. The molecule has 0 radical (unpaired) electrons. The Morgan fingerprint density at radius 3 is 1.32 bits per heavy atom. The SMILES string of the molecule is C=C(C)C(=O)Nc1cccc(C(=O)C=Cc2ccc(C=CC(=O)c3cccc(NC(=O)C(=C)C)c3)cc2)c1. The summed E-state index contributed by atoms with van der Waals surface area (Å²) in [5.74, 6) is -1.01. The first-order chi connectivity index (χ1) is 18.1. The van der Waals surface area contributed by atoms with E-state index in [1.165, 1.54) is 12.2 Å². The Morgan fingerprint density at radius 1 is 0.605 bits per heavy atom. The first-order valence-corrected chi connectivity index (χ1v) is 11.8. The Bertz CT molecular complexity index is 1360. The molecule has 0 aliphatic heterocycles. The molecule has 190 valence electrons. The maximum Gasteiger partial charge on any atom is 0.250 e. The topological polar surface area (TPSA) is 92.3 Å². The number of amides is 2. The molecule has 6 heteroatoms. The van der Waals surface area contributed by atoms with Gasteiger partial charge in [0, 0.05) is 33.6 Å². The van der Waals surface area contributed by atoms with Crippen molar-refractivity contribution < 1.29 is 19.2 Å². The van der Waals surface area contributed by atoms with Crippen molar-refractivity contribution in [3.63, 3.8) is 0 Å². The summed E-state index contributed by atoms with van der Waals surface area (Å²) < 4.78 is 0. The molecule has 2 N–H and O–H groups in total. The Kier molecular flexibility index (Phi) is 9.21. The van der Waals surface area contributed by atoms with Crippen molar-refractivity contribution in [2.75, 3.05) is 10.6 Å². The predicted octanol–water partition coefficient (Wildman–Crippen LogP) is 6.51. The van der Waals surface area contributed by atoms with E-state index in [4.69, 9.17) is 0 Å². The zero-order valence-corrected chi connectivity index (χ0v) is 21.3. The zero-order chi connectivity index (χ0) is 27.7. The maximum atomic E-state index is 12.6. The minimum absolute atomic E-state index is 0.201. The molecule has 3 rings (SSSR count). The molecular weight excluding hydrogens is 476 g/mol. The fourth-order valence-electron chi connectivity index (χ4n) is 3.23. The molecule has 0 bridgehead atoms. The third-order valence-corrected chi connectivity index (χ3v) is 5.38. The summed E-state index contributed by atoms with van der Waals surface area (Å²) in [5, 5.41) is 5.39. The van der Waals surface area contributed by atoms with Crippen molar-refractivity contribution in [1.82, 2.24) is 0 Å². The minimum atomic E-state index is -0.304. The van der Waals surface area contributed by atoms with Crippen LogP contribution in [0, 0.1) is 0 Å². The molecule has 0 spiro atoms. The highest BCUT2D eigenvalue weighted by Gasteiger charge is 2.08. The number of nitrogens with one attached hydrogen (secondary N) is 2. The number of hydrogen-bond acceptors (Lipinski definition) is 4. The van der Waals surface area contributed by atoms with Crippen molar-refractivity contribution in [2.45, 2.75) is 13.8 Å². The summed E-state index contributed by atoms with van der Waals surface area (Å²) in [6.07, 6.45) is 6.33. The van der Waals surface area contributed by atoms with Crippen LogP contribution in [-0.4, -0.2) is 23.4 Å². The van der Waals surface area contributed by atoms with Crippen molar-refractivity contribution in [3.8, 4) is 0 Å². The Balaban J connectivity index is 1.62. The number of allylic oxidation sites excluding steroid dienone is 2. The number of rotatable bonds is 10. The fraction of sp³-hybridized carbons (Fsp3) is 0.0625. The molecule has 0 aliphatic carbocycles. The normalized spacial score (nSPS) is 10.8. The van der Waals surface area contributed by atoms with E-state index in [2.05, 4.69) is 23.8 Å². The van der Waals surface area contributed by atoms with Crippen LogP contribution in [-0.2, 0) is 9.59 Å². The lowest BCUT2D eigenvalue weighted by Gasteiger charge is -2.06. The van der Waals surface area contributed by atoms with E-state index in [9.17, 15) is 19.2 Å². The second-order valence-electron chi connectivity index (χ2n) is 8.69. The lowest BCUT2D eigenvalue weighted by molar-refractivity contribution is -0.113. The van der Waals surface area contributed by atoms with Gasteiger partial charge in [-0.05, 0) is 61.4 Å². The van der Waals surface area contributed by atoms with E-state index in [0.717, 1.165) is 11.1 Å². The average Bonchev–Trinajstić information content (AvgIpc) is 2.91. The van der Waals surface area contributed by atoms with Gasteiger partial charge < -0.3 is 10.6 Å². The molecule has 0 aliphatic rings. The van der Waals surface area contributed by atoms with Gasteiger partial charge in [0.15, 0.2) is 11.6 Å². The zero-order valence-electron chi connectivity index (χ0n) is 21.3. The second-order valence-corrected chi connectivity index (χ2v) is 8.69. The van der Waals surface area contributed by atoms with Crippen molar-refractivity contribution >= 4 is 46.9 Å². The van der Waals surface area contributed by atoms with Crippen LogP contribution in [0.2, 0.25) is 0 Å². The van der Waals surface area contributed by atoms with E-state index in [0.29, 0.717) is 33.6 Å². The Labute approximate surface area is 222 Å². The van der Waals surface area contributed by atoms with E-state index >= 15 is 0 Å². The highest BCUT2D eigenvalue weighted by Crippen LogP contribution is 2.16. The highest BCUT2D eigenvalue weighted by molar-refractivity contribution is 6.09. The summed E-state index contributed by atoms with van der Waals surface area (Å²) in [6.45, 7) is 10.4. The van der Waals surface area contributed by atoms with Gasteiger partial charge in [0.05, 0.1) is 0 Å². The molecule has 6 nitrogen and oxygen atoms in total. The first-order valence-electron chi connectivity index (χ1n) is 11.8.